The molecule has 4 nitrogen and oxygen atoms in total. The van der Waals surface area contributed by atoms with Crippen LogP contribution >= 0.6 is 0 Å². The smallest absolute Gasteiger partial charge is 0.308 e. The molecule has 1 N–H and O–H groups in total. The van der Waals surface area contributed by atoms with Gasteiger partial charge < -0.3 is 5.32 Å². The van der Waals surface area contributed by atoms with Gasteiger partial charge in [-0.05, 0) is 29.7 Å². The minimum absolute atomic E-state index is 0.130. The van der Waals surface area contributed by atoms with Crippen molar-refractivity contribution in [3.05, 3.63) is 71.8 Å². The van der Waals surface area contributed by atoms with Gasteiger partial charge in [0, 0.05) is 35.0 Å². The molecule has 120 valence electrons. The minimum Gasteiger partial charge on any atom is -0.308 e. The average Bonchev–Trinajstić information content (AvgIpc) is 3.07. The summed E-state index contributed by atoms with van der Waals surface area (Å²) in [6.07, 6.45) is 6.00. The topological polar surface area (TPSA) is 44.7 Å². The molecule has 5 rings (SSSR count). The summed E-state index contributed by atoms with van der Waals surface area (Å²) < 4.78 is 0. The maximum absolute atomic E-state index is 12.8. The third-order valence-corrected chi connectivity index (χ3v) is 4.67. The molecule has 3 aromatic carbocycles. The molecule has 2 aliphatic heterocycles. The van der Waals surface area contributed by atoms with Gasteiger partial charge in [-0.3, -0.25) is 9.89 Å². The molecular weight excluding hydrogens is 310 g/mol. The molecule has 0 unspecified atom stereocenters. The van der Waals surface area contributed by atoms with Crippen LogP contribution in [0.15, 0.2) is 65.7 Å². The van der Waals surface area contributed by atoms with Crippen LogP contribution in [-0.2, 0) is 0 Å². The molecular formula is C21H15N3O. The van der Waals surface area contributed by atoms with E-state index in [0.29, 0.717) is 6.54 Å². The first-order valence-corrected chi connectivity index (χ1v) is 8.25. The van der Waals surface area contributed by atoms with E-state index < -0.39 is 0 Å². The number of amides is 2. The Labute approximate surface area is 145 Å². The first-order chi connectivity index (χ1) is 12.3. The number of carbonyl (C=O) groups excluding carboxylic acids is 1. The summed E-state index contributed by atoms with van der Waals surface area (Å²) in [5.41, 5.74) is 4.84. The number of urea groups is 1. The molecule has 0 saturated heterocycles. The molecule has 0 radical (unpaired) electrons. The van der Waals surface area contributed by atoms with E-state index in [2.05, 4.69) is 28.5 Å². The second-order valence-electron chi connectivity index (χ2n) is 6.17. The van der Waals surface area contributed by atoms with Crippen molar-refractivity contribution < 1.29 is 4.79 Å². The molecule has 2 aliphatic rings. The van der Waals surface area contributed by atoms with Gasteiger partial charge in [0.05, 0.1) is 11.4 Å². The highest BCUT2D eigenvalue weighted by Gasteiger charge is 2.24. The lowest BCUT2D eigenvalue weighted by Gasteiger charge is -2.27. The predicted molar refractivity (Wildman–Crippen MR) is 103 cm³/mol. The number of aliphatic imine (C=N–C) groups is 1. The average molecular weight is 325 g/mol. The Kier molecular flexibility index (Phi) is 2.97. The van der Waals surface area contributed by atoms with Crippen molar-refractivity contribution in [2.45, 2.75) is 0 Å². The van der Waals surface area contributed by atoms with Crippen LogP contribution in [0.2, 0.25) is 0 Å². The molecule has 0 bridgehead atoms. The monoisotopic (exact) mass is 325 g/mol. The standard InChI is InChI=1S/C21H15N3O/c25-21(23-15-6-2-1-3-7-15)24-11-5-9-16-17-8-4-10-18-20(17)14(13-22-18)12-19(16)24/h1-10,12-13H,11H2,(H,23,25). The van der Waals surface area contributed by atoms with Crippen molar-refractivity contribution in [1.82, 2.24) is 0 Å². The van der Waals surface area contributed by atoms with Crippen LogP contribution in [0.25, 0.3) is 16.8 Å². The maximum Gasteiger partial charge on any atom is 0.326 e. The first-order valence-electron chi connectivity index (χ1n) is 8.25. The van der Waals surface area contributed by atoms with Gasteiger partial charge >= 0.3 is 6.03 Å². The van der Waals surface area contributed by atoms with Crippen molar-refractivity contribution in [1.29, 1.82) is 0 Å². The largest absolute Gasteiger partial charge is 0.326 e. The molecule has 0 aliphatic carbocycles. The Morgan fingerprint density at radius 3 is 2.84 bits per heavy atom. The summed E-state index contributed by atoms with van der Waals surface area (Å²) in [6, 6.07) is 17.6. The number of fused-ring (bicyclic) bond motifs is 2. The van der Waals surface area contributed by atoms with Crippen molar-refractivity contribution in [3.8, 4) is 0 Å². The molecule has 2 amide bonds. The third kappa shape index (κ3) is 2.15. The summed E-state index contributed by atoms with van der Waals surface area (Å²) >= 11 is 0. The lowest BCUT2D eigenvalue weighted by atomic mass is 9.95. The van der Waals surface area contributed by atoms with E-state index >= 15 is 0 Å². The fourth-order valence-electron chi connectivity index (χ4n) is 3.53. The van der Waals surface area contributed by atoms with E-state index in [1.54, 1.807) is 4.90 Å². The van der Waals surface area contributed by atoms with Gasteiger partial charge in [0.25, 0.3) is 0 Å². The van der Waals surface area contributed by atoms with Crippen molar-refractivity contribution in [2.75, 3.05) is 16.8 Å². The lowest BCUT2D eigenvalue weighted by molar-refractivity contribution is 0.257. The van der Waals surface area contributed by atoms with Gasteiger partial charge in [-0.2, -0.15) is 0 Å². The highest BCUT2D eigenvalue weighted by atomic mass is 16.2. The van der Waals surface area contributed by atoms with E-state index in [1.165, 1.54) is 0 Å². The second-order valence-corrected chi connectivity index (χ2v) is 6.17. The summed E-state index contributed by atoms with van der Waals surface area (Å²) in [5.74, 6) is 0. The van der Waals surface area contributed by atoms with Gasteiger partial charge in [-0.25, -0.2) is 4.79 Å². The number of hydrogen-bond donors (Lipinski definition) is 1. The Bertz CT molecular complexity index is 1070. The molecule has 0 saturated carbocycles. The van der Waals surface area contributed by atoms with Crippen LogP contribution in [0.1, 0.15) is 11.1 Å². The van der Waals surface area contributed by atoms with Gasteiger partial charge in [-0.1, -0.05) is 42.5 Å². The Hall–Kier alpha value is -3.40. The summed E-state index contributed by atoms with van der Waals surface area (Å²) in [7, 11) is 0. The molecule has 0 spiro atoms. The summed E-state index contributed by atoms with van der Waals surface area (Å²) in [5, 5.41) is 5.27. The van der Waals surface area contributed by atoms with Crippen molar-refractivity contribution >= 4 is 46.2 Å². The fraction of sp³-hybridized carbons (Fsp3) is 0.0476. The van der Waals surface area contributed by atoms with Crippen LogP contribution in [0.4, 0.5) is 21.9 Å². The van der Waals surface area contributed by atoms with Crippen LogP contribution < -0.4 is 10.2 Å². The van der Waals surface area contributed by atoms with Crippen LogP contribution in [0.5, 0.6) is 0 Å². The molecule has 0 atom stereocenters. The zero-order valence-electron chi connectivity index (χ0n) is 13.4. The van der Waals surface area contributed by atoms with E-state index in [-0.39, 0.29) is 6.03 Å². The van der Waals surface area contributed by atoms with Gasteiger partial charge in [0.2, 0.25) is 0 Å². The number of nitrogens with one attached hydrogen (secondary N) is 1. The van der Waals surface area contributed by atoms with Gasteiger partial charge in [0.1, 0.15) is 0 Å². The minimum atomic E-state index is -0.130. The number of hydrogen-bond acceptors (Lipinski definition) is 2. The van der Waals surface area contributed by atoms with E-state index in [0.717, 1.165) is 39.0 Å². The second kappa shape index (κ2) is 5.31. The third-order valence-electron chi connectivity index (χ3n) is 4.67. The Morgan fingerprint density at radius 2 is 1.96 bits per heavy atom. The normalized spacial score (nSPS) is 14.0. The number of carbonyl (C=O) groups is 1. The van der Waals surface area contributed by atoms with E-state index in [9.17, 15) is 4.79 Å². The molecule has 4 heteroatoms. The fourth-order valence-corrected chi connectivity index (χ4v) is 3.53. The lowest BCUT2D eigenvalue weighted by Crippen LogP contribution is -2.36. The first kappa shape index (κ1) is 14.0. The number of rotatable bonds is 1. The van der Waals surface area contributed by atoms with Gasteiger partial charge in [0.15, 0.2) is 0 Å². The molecule has 3 aromatic rings. The zero-order chi connectivity index (χ0) is 16.8. The van der Waals surface area contributed by atoms with Crippen molar-refractivity contribution in [2.24, 2.45) is 4.99 Å². The van der Waals surface area contributed by atoms with Crippen LogP contribution in [-0.4, -0.2) is 18.8 Å². The van der Waals surface area contributed by atoms with Crippen molar-refractivity contribution in [3.63, 3.8) is 0 Å². The molecule has 0 fully saturated rings. The summed E-state index contributed by atoms with van der Waals surface area (Å²) in [4.78, 5) is 19.1. The zero-order valence-corrected chi connectivity index (χ0v) is 13.4. The maximum atomic E-state index is 12.8. The Balaban J connectivity index is 1.61. The summed E-state index contributed by atoms with van der Waals surface area (Å²) in [6.45, 7) is 0.549. The number of para-hydroxylation sites is 1. The SMILES string of the molecule is O=C(Nc1ccccc1)N1CC=Cc2c1cc1c3c(cccc23)N=C1. The molecule has 2 heterocycles. The highest BCUT2D eigenvalue weighted by molar-refractivity contribution is 6.17. The number of benzene rings is 3. The highest BCUT2D eigenvalue weighted by Crippen LogP contribution is 2.41. The quantitative estimate of drug-likeness (QED) is 0.527. The molecule has 0 aromatic heterocycles. The van der Waals surface area contributed by atoms with Gasteiger partial charge in [-0.15, -0.1) is 0 Å². The predicted octanol–water partition coefficient (Wildman–Crippen LogP) is 4.97. The Morgan fingerprint density at radius 1 is 1.08 bits per heavy atom. The number of anilines is 2. The van der Waals surface area contributed by atoms with E-state index in [1.807, 2.05) is 54.8 Å². The van der Waals surface area contributed by atoms with E-state index in [4.69, 9.17) is 0 Å². The van der Waals surface area contributed by atoms with Crippen LogP contribution in [0.3, 0.4) is 0 Å². The molecule has 25 heavy (non-hydrogen) atoms. The van der Waals surface area contributed by atoms with Crippen LogP contribution in [0, 0.1) is 0 Å². The number of nitrogens with zero attached hydrogens (tertiary/aromatic N) is 2.